The van der Waals surface area contributed by atoms with Crippen LogP contribution in [0.2, 0.25) is 18.1 Å². The van der Waals surface area contributed by atoms with Gasteiger partial charge in [-0.2, -0.15) is 0 Å². The van der Waals surface area contributed by atoms with Gasteiger partial charge in [-0.05, 0) is 31.1 Å². The molecule has 0 aliphatic heterocycles. The van der Waals surface area contributed by atoms with E-state index >= 15 is 0 Å². The van der Waals surface area contributed by atoms with E-state index in [0.717, 1.165) is 0 Å². The second-order valence-electron chi connectivity index (χ2n) is 6.67. The molecule has 0 aliphatic carbocycles. The van der Waals surface area contributed by atoms with Crippen molar-refractivity contribution in [2.75, 3.05) is 20.3 Å². The third kappa shape index (κ3) is 7.53. The zero-order valence-electron chi connectivity index (χ0n) is 15.1. The Hall–Kier alpha value is -0.693. The van der Waals surface area contributed by atoms with E-state index in [4.69, 9.17) is 18.6 Å². The highest BCUT2D eigenvalue weighted by Crippen LogP contribution is 2.36. The molecule has 1 unspecified atom stereocenters. The van der Waals surface area contributed by atoms with Crippen molar-refractivity contribution in [3.05, 3.63) is 12.7 Å². The standard InChI is InChI=1S/C16H32O5Si/c1-9-15(19-10-2)21-13(11-14(17)18-6)12-20-22(7,8)16(3,4)5/h9,13,15H,1,10-12H2,2-8H3/t13-,15?/m1/s1. The van der Waals surface area contributed by atoms with Gasteiger partial charge in [0.05, 0.1) is 26.2 Å². The van der Waals surface area contributed by atoms with Crippen LogP contribution in [0.4, 0.5) is 0 Å². The minimum absolute atomic E-state index is 0.0978. The molecule has 0 aromatic carbocycles. The summed E-state index contributed by atoms with van der Waals surface area (Å²) in [6, 6.07) is 0. The first-order valence-electron chi connectivity index (χ1n) is 7.67. The van der Waals surface area contributed by atoms with Gasteiger partial charge in [-0.1, -0.05) is 27.4 Å². The summed E-state index contributed by atoms with van der Waals surface area (Å²) >= 11 is 0. The first kappa shape index (κ1) is 21.3. The molecule has 0 saturated heterocycles. The fraction of sp³-hybridized carbons (Fsp3) is 0.812. The minimum atomic E-state index is -1.91. The molecule has 0 aliphatic rings. The van der Waals surface area contributed by atoms with E-state index in [9.17, 15) is 4.79 Å². The van der Waals surface area contributed by atoms with Crippen LogP contribution in [0.5, 0.6) is 0 Å². The van der Waals surface area contributed by atoms with Gasteiger partial charge in [-0.3, -0.25) is 4.79 Å². The Morgan fingerprint density at radius 3 is 2.32 bits per heavy atom. The van der Waals surface area contributed by atoms with Crippen LogP contribution >= 0.6 is 0 Å². The lowest BCUT2D eigenvalue weighted by Gasteiger charge is -2.37. The Bertz CT molecular complexity index is 349. The van der Waals surface area contributed by atoms with Crippen LogP contribution in [0.1, 0.15) is 34.1 Å². The summed E-state index contributed by atoms with van der Waals surface area (Å²) in [5.74, 6) is -0.330. The average Bonchev–Trinajstić information content (AvgIpc) is 2.42. The topological polar surface area (TPSA) is 54.0 Å². The molecule has 2 atom stereocenters. The molecule has 0 spiro atoms. The molecule has 0 rings (SSSR count). The monoisotopic (exact) mass is 332 g/mol. The summed E-state index contributed by atoms with van der Waals surface area (Å²) in [6.45, 7) is 17.2. The normalized spacial score (nSPS) is 15.2. The van der Waals surface area contributed by atoms with Gasteiger partial charge in [0.25, 0.3) is 0 Å². The SMILES string of the molecule is C=CC(OCC)O[C@@H](CO[Si](C)(C)C(C)(C)C)CC(=O)OC. The van der Waals surface area contributed by atoms with Crippen molar-refractivity contribution >= 4 is 14.3 Å². The Labute approximate surface area is 136 Å². The van der Waals surface area contributed by atoms with Gasteiger partial charge < -0.3 is 18.6 Å². The van der Waals surface area contributed by atoms with Gasteiger partial charge in [0.15, 0.2) is 14.6 Å². The quantitative estimate of drug-likeness (QED) is 0.265. The number of esters is 1. The summed E-state index contributed by atoms with van der Waals surface area (Å²) in [5, 5.41) is 0.0978. The number of hydrogen-bond acceptors (Lipinski definition) is 5. The summed E-state index contributed by atoms with van der Waals surface area (Å²) < 4.78 is 22.0. The fourth-order valence-corrected chi connectivity index (χ4v) is 2.49. The zero-order chi connectivity index (χ0) is 17.4. The molecule has 0 aromatic rings. The number of carbonyl (C=O) groups is 1. The Morgan fingerprint density at radius 2 is 1.91 bits per heavy atom. The molecule has 130 valence electrons. The summed E-state index contributed by atoms with van der Waals surface area (Å²) in [6.07, 6.45) is 0.724. The second kappa shape index (κ2) is 9.45. The van der Waals surface area contributed by atoms with Gasteiger partial charge in [-0.25, -0.2) is 0 Å². The maximum atomic E-state index is 11.6. The van der Waals surface area contributed by atoms with E-state index in [-0.39, 0.29) is 17.4 Å². The first-order chi connectivity index (χ1) is 10.1. The van der Waals surface area contributed by atoms with E-state index in [1.54, 1.807) is 6.08 Å². The van der Waals surface area contributed by atoms with E-state index in [0.29, 0.717) is 13.2 Å². The molecule has 0 bridgehead atoms. The molecule has 0 saturated carbocycles. The van der Waals surface area contributed by atoms with Crippen LogP contribution in [0.25, 0.3) is 0 Å². The number of methoxy groups -OCH3 is 1. The van der Waals surface area contributed by atoms with Gasteiger partial charge in [-0.15, -0.1) is 0 Å². The molecule has 0 fully saturated rings. The summed E-state index contributed by atoms with van der Waals surface area (Å²) in [4.78, 5) is 11.6. The molecular formula is C16H32O5Si. The van der Waals surface area contributed by atoms with Crippen molar-refractivity contribution in [2.24, 2.45) is 0 Å². The van der Waals surface area contributed by atoms with Crippen molar-refractivity contribution in [1.29, 1.82) is 0 Å². The van der Waals surface area contributed by atoms with E-state index in [1.165, 1.54) is 7.11 Å². The lowest BCUT2D eigenvalue weighted by molar-refractivity contribution is -0.163. The molecule has 0 aromatic heterocycles. The van der Waals surface area contributed by atoms with Crippen molar-refractivity contribution in [3.8, 4) is 0 Å². The van der Waals surface area contributed by atoms with Gasteiger partial charge >= 0.3 is 5.97 Å². The predicted molar refractivity (Wildman–Crippen MR) is 90.3 cm³/mol. The van der Waals surface area contributed by atoms with Crippen LogP contribution < -0.4 is 0 Å². The van der Waals surface area contributed by atoms with Gasteiger partial charge in [0.1, 0.15) is 0 Å². The van der Waals surface area contributed by atoms with E-state index in [1.807, 2.05) is 6.92 Å². The van der Waals surface area contributed by atoms with Crippen molar-refractivity contribution < 1.29 is 23.4 Å². The van der Waals surface area contributed by atoms with Crippen LogP contribution in [0, 0.1) is 0 Å². The van der Waals surface area contributed by atoms with Crippen LogP contribution in [0.3, 0.4) is 0 Å². The number of carbonyl (C=O) groups excluding carboxylic acids is 1. The zero-order valence-corrected chi connectivity index (χ0v) is 16.1. The molecule has 0 N–H and O–H groups in total. The highest BCUT2D eigenvalue weighted by molar-refractivity contribution is 6.74. The van der Waals surface area contributed by atoms with Gasteiger partial charge in [0.2, 0.25) is 0 Å². The molecule has 22 heavy (non-hydrogen) atoms. The van der Waals surface area contributed by atoms with Crippen molar-refractivity contribution in [1.82, 2.24) is 0 Å². The minimum Gasteiger partial charge on any atom is -0.469 e. The fourth-order valence-electron chi connectivity index (χ4n) is 1.45. The molecule has 5 nitrogen and oxygen atoms in total. The third-order valence-corrected chi connectivity index (χ3v) is 8.41. The maximum absolute atomic E-state index is 11.6. The Balaban J connectivity index is 4.79. The molecule has 0 heterocycles. The number of hydrogen-bond donors (Lipinski definition) is 0. The lowest BCUT2D eigenvalue weighted by atomic mass is 10.2. The van der Waals surface area contributed by atoms with Crippen molar-refractivity contribution in [3.63, 3.8) is 0 Å². The van der Waals surface area contributed by atoms with Crippen LogP contribution in [0.15, 0.2) is 12.7 Å². The highest BCUT2D eigenvalue weighted by Gasteiger charge is 2.38. The average molecular weight is 333 g/mol. The lowest BCUT2D eigenvalue weighted by Crippen LogP contribution is -2.43. The van der Waals surface area contributed by atoms with Crippen LogP contribution in [-0.4, -0.2) is 47.0 Å². The number of ether oxygens (including phenoxy) is 3. The van der Waals surface area contributed by atoms with Crippen LogP contribution in [-0.2, 0) is 23.4 Å². The van der Waals surface area contributed by atoms with Gasteiger partial charge in [0, 0.05) is 6.61 Å². The largest absolute Gasteiger partial charge is 0.469 e. The Morgan fingerprint density at radius 1 is 1.32 bits per heavy atom. The molecule has 6 heteroatoms. The molecule has 0 amide bonds. The predicted octanol–water partition coefficient (Wildman–Crippen LogP) is 3.51. The molecule has 0 radical (unpaired) electrons. The first-order valence-corrected chi connectivity index (χ1v) is 10.6. The van der Waals surface area contributed by atoms with E-state index < -0.39 is 20.7 Å². The smallest absolute Gasteiger partial charge is 0.308 e. The number of rotatable bonds is 10. The summed E-state index contributed by atoms with van der Waals surface area (Å²) in [7, 11) is -0.545. The van der Waals surface area contributed by atoms with Crippen molar-refractivity contribution in [2.45, 2.75) is 64.6 Å². The van der Waals surface area contributed by atoms with E-state index in [2.05, 4.69) is 40.4 Å². The third-order valence-electron chi connectivity index (χ3n) is 3.91. The second-order valence-corrected chi connectivity index (χ2v) is 11.5. The molecular weight excluding hydrogens is 300 g/mol. The summed E-state index contributed by atoms with van der Waals surface area (Å²) in [5.41, 5.74) is 0. The highest BCUT2D eigenvalue weighted by atomic mass is 28.4. The Kier molecular flexibility index (Phi) is 9.15. The maximum Gasteiger partial charge on any atom is 0.308 e.